The van der Waals surface area contributed by atoms with Crippen molar-refractivity contribution >= 4 is 11.3 Å². The first-order valence-electron chi connectivity index (χ1n) is 7.18. The van der Waals surface area contributed by atoms with Crippen molar-refractivity contribution in [1.29, 1.82) is 0 Å². The van der Waals surface area contributed by atoms with Crippen LogP contribution in [0.5, 0.6) is 0 Å². The van der Waals surface area contributed by atoms with Crippen LogP contribution in [-0.2, 0) is 9.47 Å². The highest BCUT2D eigenvalue weighted by Crippen LogP contribution is 2.30. The van der Waals surface area contributed by atoms with E-state index in [1.54, 1.807) is 11.3 Å². The molecule has 1 aromatic heterocycles. The smallest absolute Gasteiger partial charge is 0.0987 e. The number of hydrogen-bond acceptors (Lipinski definition) is 4. The molecule has 1 saturated heterocycles. The molecule has 2 heterocycles. The zero-order valence-corrected chi connectivity index (χ0v) is 12.9. The van der Waals surface area contributed by atoms with Crippen molar-refractivity contribution < 1.29 is 9.47 Å². The molecule has 0 saturated carbocycles. The summed E-state index contributed by atoms with van der Waals surface area (Å²) in [5, 5.41) is 4.23. The molecule has 3 nitrogen and oxygen atoms in total. The van der Waals surface area contributed by atoms with Gasteiger partial charge in [-0.15, -0.1) is 0 Å². The van der Waals surface area contributed by atoms with Crippen molar-refractivity contribution in [2.75, 3.05) is 0 Å². The Morgan fingerprint density at radius 1 is 1.42 bits per heavy atom. The van der Waals surface area contributed by atoms with Crippen molar-refractivity contribution in [3.63, 3.8) is 0 Å². The third-order valence-corrected chi connectivity index (χ3v) is 4.43. The van der Waals surface area contributed by atoms with E-state index in [9.17, 15) is 0 Å². The third kappa shape index (κ3) is 4.02. The van der Waals surface area contributed by atoms with E-state index in [1.807, 2.05) is 0 Å². The predicted octanol–water partition coefficient (Wildman–Crippen LogP) is 3.50. The highest BCUT2D eigenvalue weighted by atomic mass is 32.1. The average molecular weight is 283 g/mol. The van der Waals surface area contributed by atoms with E-state index in [2.05, 4.69) is 37.6 Å². The SMILES string of the molecule is CCC(N)C(OC1CC(C)OC(C)C1)c1ccsc1. The molecule has 4 unspecified atom stereocenters. The summed E-state index contributed by atoms with van der Waals surface area (Å²) in [6, 6.07) is 2.18. The van der Waals surface area contributed by atoms with Crippen molar-refractivity contribution in [3.05, 3.63) is 22.4 Å². The van der Waals surface area contributed by atoms with Crippen LogP contribution in [0.2, 0.25) is 0 Å². The van der Waals surface area contributed by atoms with Crippen molar-refractivity contribution in [2.45, 2.75) is 70.5 Å². The minimum Gasteiger partial charge on any atom is -0.375 e. The van der Waals surface area contributed by atoms with Crippen LogP contribution in [0.25, 0.3) is 0 Å². The molecule has 1 aliphatic heterocycles. The summed E-state index contributed by atoms with van der Waals surface area (Å²) in [5.74, 6) is 0. The predicted molar refractivity (Wildman–Crippen MR) is 79.4 cm³/mol. The Bertz CT molecular complexity index is 358. The van der Waals surface area contributed by atoms with Crippen LogP contribution in [-0.4, -0.2) is 24.4 Å². The van der Waals surface area contributed by atoms with E-state index in [1.165, 1.54) is 5.56 Å². The lowest BCUT2D eigenvalue weighted by atomic mass is 9.99. The number of hydrogen-bond donors (Lipinski definition) is 1. The molecule has 0 bridgehead atoms. The molecular weight excluding hydrogens is 258 g/mol. The summed E-state index contributed by atoms with van der Waals surface area (Å²) in [4.78, 5) is 0. The molecule has 1 fully saturated rings. The summed E-state index contributed by atoms with van der Waals surface area (Å²) in [5.41, 5.74) is 7.46. The molecule has 4 atom stereocenters. The molecule has 0 spiro atoms. The summed E-state index contributed by atoms with van der Waals surface area (Å²) in [6.45, 7) is 6.35. The topological polar surface area (TPSA) is 44.5 Å². The second-order valence-corrected chi connectivity index (χ2v) is 6.32. The normalized spacial score (nSPS) is 31.1. The van der Waals surface area contributed by atoms with Crippen LogP contribution in [0, 0.1) is 0 Å². The molecule has 2 rings (SSSR count). The number of nitrogens with two attached hydrogens (primary N) is 1. The number of thiophene rings is 1. The third-order valence-electron chi connectivity index (χ3n) is 3.73. The Labute approximate surface area is 120 Å². The standard InChI is InChI=1S/C15H25NO2S/c1-4-14(16)15(12-5-6-19-9-12)18-13-7-10(2)17-11(3)8-13/h5-6,9-11,13-15H,4,7-8,16H2,1-3H3. The van der Waals surface area contributed by atoms with E-state index in [4.69, 9.17) is 15.2 Å². The number of ether oxygens (including phenoxy) is 2. The van der Waals surface area contributed by atoms with E-state index in [0.29, 0.717) is 0 Å². The first kappa shape index (κ1) is 15.0. The quantitative estimate of drug-likeness (QED) is 0.899. The molecule has 108 valence electrons. The first-order valence-corrected chi connectivity index (χ1v) is 8.13. The summed E-state index contributed by atoms with van der Waals surface area (Å²) < 4.78 is 12.1. The van der Waals surface area contributed by atoms with Gasteiger partial charge in [0.05, 0.1) is 24.4 Å². The molecule has 2 N–H and O–H groups in total. The maximum absolute atomic E-state index is 6.33. The largest absolute Gasteiger partial charge is 0.375 e. The molecule has 0 amide bonds. The maximum Gasteiger partial charge on any atom is 0.0987 e. The van der Waals surface area contributed by atoms with Gasteiger partial charge in [0.2, 0.25) is 0 Å². The van der Waals surface area contributed by atoms with Crippen LogP contribution in [0.1, 0.15) is 51.7 Å². The molecular formula is C15H25NO2S. The minimum atomic E-state index is 0.0127. The van der Waals surface area contributed by atoms with Crippen LogP contribution in [0.3, 0.4) is 0 Å². The first-order chi connectivity index (χ1) is 9.10. The lowest BCUT2D eigenvalue weighted by Gasteiger charge is -2.35. The van der Waals surface area contributed by atoms with Gasteiger partial charge in [0, 0.05) is 6.04 Å². The molecule has 1 aliphatic rings. The fourth-order valence-corrected chi connectivity index (χ4v) is 3.42. The Kier molecular flexibility index (Phi) is 5.39. The Hall–Kier alpha value is -0.420. The summed E-state index contributed by atoms with van der Waals surface area (Å²) >= 11 is 1.70. The van der Waals surface area contributed by atoms with Crippen LogP contribution >= 0.6 is 11.3 Å². The van der Waals surface area contributed by atoms with Gasteiger partial charge in [0.1, 0.15) is 0 Å². The Balaban J connectivity index is 2.03. The Morgan fingerprint density at radius 2 is 2.11 bits per heavy atom. The van der Waals surface area contributed by atoms with Crippen LogP contribution < -0.4 is 5.73 Å². The molecule has 19 heavy (non-hydrogen) atoms. The highest BCUT2D eigenvalue weighted by molar-refractivity contribution is 7.07. The van der Waals surface area contributed by atoms with E-state index in [-0.39, 0.29) is 30.5 Å². The zero-order chi connectivity index (χ0) is 13.8. The van der Waals surface area contributed by atoms with Crippen molar-refractivity contribution in [3.8, 4) is 0 Å². The maximum atomic E-state index is 6.33. The van der Waals surface area contributed by atoms with E-state index < -0.39 is 0 Å². The van der Waals surface area contributed by atoms with Crippen molar-refractivity contribution in [2.24, 2.45) is 5.73 Å². The number of rotatable bonds is 5. The Morgan fingerprint density at radius 3 is 2.63 bits per heavy atom. The molecule has 4 heteroatoms. The molecule has 1 aromatic rings. The van der Waals surface area contributed by atoms with Gasteiger partial charge in [-0.2, -0.15) is 11.3 Å². The second-order valence-electron chi connectivity index (χ2n) is 5.54. The summed E-state index contributed by atoms with van der Waals surface area (Å²) in [6.07, 6.45) is 3.65. The zero-order valence-electron chi connectivity index (χ0n) is 12.0. The van der Waals surface area contributed by atoms with Crippen LogP contribution in [0.15, 0.2) is 16.8 Å². The van der Waals surface area contributed by atoms with Crippen molar-refractivity contribution in [1.82, 2.24) is 0 Å². The van der Waals surface area contributed by atoms with Gasteiger partial charge in [-0.1, -0.05) is 6.92 Å². The van der Waals surface area contributed by atoms with E-state index >= 15 is 0 Å². The van der Waals surface area contributed by atoms with Gasteiger partial charge in [-0.05, 0) is 55.5 Å². The minimum absolute atomic E-state index is 0.0127. The molecule has 0 aromatic carbocycles. The van der Waals surface area contributed by atoms with Gasteiger partial charge in [0.25, 0.3) is 0 Å². The van der Waals surface area contributed by atoms with Gasteiger partial charge < -0.3 is 15.2 Å². The fraction of sp³-hybridized carbons (Fsp3) is 0.733. The van der Waals surface area contributed by atoms with Crippen LogP contribution in [0.4, 0.5) is 0 Å². The highest BCUT2D eigenvalue weighted by Gasteiger charge is 2.29. The average Bonchev–Trinajstić information content (AvgIpc) is 2.87. The van der Waals surface area contributed by atoms with Gasteiger partial charge >= 0.3 is 0 Å². The molecule has 0 radical (unpaired) electrons. The van der Waals surface area contributed by atoms with Gasteiger partial charge in [-0.25, -0.2) is 0 Å². The summed E-state index contributed by atoms with van der Waals surface area (Å²) in [7, 11) is 0. The lowest BCUT2D eigenvalue weighted by molar-refractivity contribution is -0.127. The molecule has 0 aliphatic carbocycles. The van der Waals surface area contributed by atoms with Gasteiger partial charge in [-0.3, -0.25) is 0 Å². The monoisotopic (exact) mass is 283 g/mol. The second kappa shape index (κ2) is 6.84. The fourth-order valence-electron chi connectivity index (χ4n) is 2.74. The lowest BCUT2D eigenvalue weighted by Crippen LogP contribution is -2.38. The van der Waals surface area contributed by atoms with E-state index in [0.717, 1.165) is 19.3 Å². The van der Waals surface area contributed by atoms with Gasteiger partial charge in [0.15, 0.2) is 0 Å².